The molecule has 102 valence electrons. The predicted molar refractivity (Wildman–Crippen MR) is 72.9 cm³/mol. The second-order valence-electron chi connectivity index (χ2n) is 4.49. The van der Waals surface area contributed by atoms with Crippen molar-refractivity contribution in [1.82, 2.24) is 10.2 Å². The van der Waals surface area contributed by atoms with Gasteiger partial charge in [-0.05, 0) is 39.9 Å². The molecule has 0 spiro atoms. The average Bonchev–Trinajstić information content (AvgIpc) is 2.69. The van der Waals surface area contributed by atoms with Crippen molar-refractivity contribution in [1.29, 1.82) is 0 Å². The predicted octanol–water partition coefficient (Wildman–Crippen LogP) is 2.36. The van der Waals surface area contributed by atoms with Crippen molar-refractivity contribution in [2.45, 2.75) is 34.1 Å². The molecule has 0 aliphatic heterocycles. The molecule has 1 rings (SSSR count). The summed E-state index contributed by atoms with van der Waals surface area (Å²) in [6, 6.07) is 0. The van der Waals surface area contributed by atoms with E-state index in [-0.39, 0.29) is 5.91 Å². The molecule has 4 heteroatoms. The minimum Gasteiger partial charge on any atom is -0.469 e. The van der Waals surface area contributed by atoms with Gasteiger partial charge in [0.15, 0.2) is 0 Å². The highest BCUT2D eigenvalue weighted by molar-refractivity contribution is 5.96. The molecule has 0 aromatic carbocycles. The molecule has 1 N–H and O–H groups in total. The molecule has 1 aromatic rings. The molecular formula is C14H24N2O2. The highest BCUT2D eigenvalue weighted by Crippen LogP contribution is 2.14. The minimum atomic E-state index is -0.0294. The van der Waals surface area contributed by atoms with E-state index in [1.807, 2.05) is 13.8 Å². The zero-order valence-electron chi connectivity index (χ0n) is 11.9. The minimum absolute atomic E-state index is 0.0294. The summed E-state index contributed by atoms with van der Waals surface area (Å²) in [6.07, 6.45) is 2.60. The van der Waals surface area contributed by atoms with Crippen LogP contribution in [0.15, 0.2) is 10.7 Å². The van der Waals surface area contributed by atoms with Crippen LogP contribution in [0.2, 0.25) is 0 Å². The van der Waals surface area contributed by atoms with Crippen molar-refractivity contribution >= 4 is 5.91 Å². The fraction of sp³-hybridized carbons (Fsp3) is 0.643. The monoisotopic (exact) mass is 252 g/mol. The fourth-order valence-electron chi connectivity index (χ4n) is 2.04. The molecule has 1 heterocycles. The molecule has 0 bridgehead atoms. The lowest BCUT2D eigenvalue weighted by molar-refractivity contribution is 0.0950. The summed E-state index contributed by atoms with van der Waals surface area (Å²) in [4.78, 5) is 14.3. The summed E-state index contributed by atoms with van der Waals surface area (Å²) in [5, 5.41) is 2.94. The first kappa shape index (κ1) is 14.8. The Morgan fingerprint density at radius 3 is 2.50 bits per heavy atom. The topological polar surface area (TPSA) is 45.5 Å². The van der Waals surface area contributed by atoms with Crippen LogP contribution in [-0.4, -0.2) is 37.0 Å². The fourth-order valence-corrected chi connectivity index (χ4v) is 2.04. The molecule has 0 aliphatic rings. The van der Waals surface area contributed by atoms with E-state index >= 15 is 0 Å². The van der Waals surface area contributed by atoms with E-state index in [9.17, 15) is 4.79 Å². The molecule has 18 heavy (non-hydrogen) atoms. The number of nitrogens with one attached hydrogen (secondary N) is 1. The van der Waals surface area contributed by atoms with E-state index in [1.165, 1.54) is 0 Å². The number of furan rings is 1. The first-order chi connectivity index (χ1) is 8.60. The number of rotatable bonds is 7. The normalized spacial score (nSPS) is 10.9. The number of aryl methyl sites for hydroxylation is 2. The van der Waals surface area contributed by atoms with E-state index in [0.29, 0.717) is 17.9 Å². The molecule has 1 amide bonds. The third-order valence-electron chi connectivity index (χ3n) is 3.22. The Hall–Kier alpha value is -1.29. The summed E-state index contributed by atoms with van der Waals surface area (Å²) in [7, 11) is 0. The van der Waals surface area contributed by atoms with Crippen molar-refractivity contribution < 1.29 is 9.21 Å². The van der Waals surface area contributed by atoms with E-state index in [1.54, 1.807) is 6.26 Å². The molecular weight excluding hydrogens is 228 g/mol. The van der Waals surface area contributed by atoms with Crippen molar-refractivity contribution in [3.05, 3.63) is 23.2 Å². The van der Waals surface area contributed by atoms with Gasteiger partial charge in [-0.25, -0.2) is 0 Å². The zero-order chi connectivity index (χ0) is 13.5. The van der Waals surface area contributed by atoms with Crippen LogP contribution >= 0.6 is 0 Å². The lowest BCUT2D eigenvalue weighted by atomic mass is 10.1. The number of carbonyl (C=O) groups excluding carboxylic acids is 1. The maximum Gasteiger partial charge on any atom is 0.255 e. The van der Waals surface area contributed by atoms with Crippen LogP contribution in [0.3, 0.4) is 0 Å². The summed E-state index contributed by atoms with van der Waals surface area (Å²) in [5.41, 5.74) is 1.58. The second kappa shape index (κ2) is 7.21. The van der Waals surface area contributed by atoms with Crippen molar-refractivity contribution in [2.75, 3.05) is 26.2 Å². The first-order valence-electron chi connectivity index (χ1n) is 6.65. The number of hydrogen-bond acceptors (Lipinski definition) is 3. The zero-order valence-corrected chi connectivity index (χ0v) is 11.9. The van der Waals surface area contributed by atoms with Crippen LogP contribution < -0.4 is 5.32 Å². The van der Waals surface area contributed by atoms with E-state index < -0.39 is 0 Å². The van der Waals surface area contributed by atoms with E-state index in [4.69, 9.17) is 4.42 Å². The van der Waals surface area contributed by atoms with Crippen LogP contribution in [-0.2, 0) is 0 Å². The van der Waals surface area contributed by atoms with Crippen molar-refractivity contribution in [2.24, 2.45) is 0 Å². The Morgan fingerprint density at radius 2 is 2.00 bits per heavy atom. The first-order valence-corrected chi connectivity index (χ1v) is 6.65. The lowest BCUT2D eigenvalue weighted by Gasteiger charge is -2.17. The molecule has 0 fully saturated rings. The Labute approximate surface area is 109 Å². The Balaban J connectivity index is 2.34. The van der Waals surface area contributed by atoms with E-state index in [2.05, 4.69) is 24.1 Å². The Bertz CT molecular complexity index is 362. The summed E-state index contributed by atoms with van der Waals surface area (Å²) in [6.45, 7) is 11.9. The molecule has 4 nitrogen and oxygen atoms in total. The van der Waals surface area contributed by atoms with E-state index in [0.717, 1.165) is 31.6 Å². The molecule has 0 unspecified atom stereocenters. The smallest absolute Gasteiger partial charge is 0.255 e. The van der Waals surface area contributed by atoms with Gasteiger partial charge in [0.2, 0.25) is 0 Å². The van der Waals surface area contributed by atoms with Gasteiger partial charge < -0.3 is 14.6 Å². The maximum atomic E-state index is 11.9. The van der Waals surface area contributed by atoms with Gasteiger partial charge in [0.05, 0.1) is 11.8 Å². The Morgan fingerprint density at radius 1 is 1.33 bits per heavy atom. The standard InChI is InChI=1S/C14H24N2O2/c1-5-16(6-2)9-7-8-15-14(17)13-11(3)10-18-12(13)4/h10H,5-9H2,1-4H3,(H,15,17). The van der Waals surface area contributed by atoms with Crippen LogP contribution in [0.5, 0.6) is 0 Å². The highest BCUT2D eigenvalue weighted by Gasteiger charge is 2.14. The van der Waals surface area contributed by atoms with Crippen LogP contribution in [0.1, 0.15) is 41.9 Å². The van der Waals surface area contributed by atoms with Crippen LogP contribution in [0, 0.1) is 13.8 Å². The van der Waals surface area contributed by atoms with Crippen molar-refractivity contribution in [3.63, 3.8) is 0 Å². The largest absolute Gasteiger partial charge is 0.469 e. The summed E-state index contributed by atoms with van der Waals surface area (Å²) < 4.78 is 5.23. The lowest BCUT2D eigenvalue weighted by Crippen LogP contribution is -2.30. The van der Waals surface area contributed by atoms with Crippen LogP contribution in [0.25, 0.3) is 0 Å². The number of hydrogen-bond donors (Lipinski definition) is 1. The van der Waals surface area contributed by atoms with Gasteiger partial charge in [-0.15, -0.1) is 0 Å². The molecule has 1 aromatic heterocycles. The SMILES string of the molecule is CCN(CC)CCCNC(=O)c1c(C)coc1C. The van der Waals surface area contributed by atoms with Gasteiger partial charge in [-0.2, -0.15) is 0 Å². The molecule has 0 aliphatic carbocycles. The second-order valence-corrected chi connectivity index (χ2v) is 4.49. The number of nitrogens with zero attached hydrogens (tertiary/aromatic N) is 1. The Kier molecular flexibility index (Phi) is 5.92. The maximum absolute atomic E-state index is 11.9. The summed E-state index contributed by atoms with van der Waals surface area (Å²) in [5.74, 6) is 0.659. The third-order valence-corrected chi connectivity index (χ3v) is 3.22. The quantitative estimate of drug-likeness (QED) is 0.758. The number of amides is 1. The van der Waals surface area contributed by atoms with Gasteiger partial charge >= 0.3 is 0 Å². The average molecular weight is 252 g/mol. The van der Waals surface area contributed by atoms with Gasteiger partial charge in [0, 0.05) is 12.1 Å². The third kappa shape index (κ3) is 3.88. The number of carbonyl (C=O) groups is 1. The van der Waals surface area contributed by atoms with Gasteiger partial charge in [0.1, 0.15) is 5.76 Å². The van der Waals surface area contributed by atoms with Gasteiger partial charge in [-0.3, -0.25) is 4.79 Å². The van der Waals surface area contributed by atoms with Gasteiger partial charge in [-0.1, -0.05) is 13.8 Å². The van der Waals surface area contributed by atoms with Crippen LogP contribution in [0.4, 0.5) is 0 Å². The highest BCUT2D eigenvalue weighted by atomic mass is 16.3. The summed E-state index contributed by atoms with van der Waals surface area (Å²) >= 11 is 0. The van der Waals surface area contributed by atoms with Crippen molar-refractivity contribution in [3.8, 4) is 0 Å². The molecule has 0 radical (unpaired) electrons. The van der Waals surface area contributed by atoms with Gasteiger partial charge in [0.25, 0.3) is 5.91 Å². The molecule has 0 saturated carbocycles. The molecule has 0 atom stereocenters. The molecule has 0 saturated heterocycles.